The third kappa shape index (κ3) is 2.08. The van der Waals surface area contributed by atoms with Crippen molar-refractivity contribution in [3.63, 3.8) is 0 Å². The predicted octanol–water partition coefficient (Wildman–Crippen LogP) is 2.78. The molecule has 3 rings (SSSR count). The molecule has 2 atom stereocenters. The fourth-order valence-corrected chi connectivity index (χ4v) is 4.97. The molecule has 0 N–H and O–H groups in total. The molecule has 1 aromatic rings. The van der Waals surface area contributed by atoms with Gasteiger partial charge >= 0.3 is 0 Å². The normalized spacial score (nSPS) is 32.1. The molecule has 0 radical (unpaired) electrons. The summed E-state index contributed by atoms with van der Waals surface area (Å²) in [7, 11) is -3.25. The Morgan fingerprint density at radius 1 is 0.889 bits per heavy atom. The van der Waals surface area contributed by atoms with E-state index in [0.717, 1.165) is 12.8 Å². The molecule has 2 aliphatic rings. The Labute approximate surface area is 109 Å². The SMILES string of the molecule is O=S(=O)(c1ccccc1)N1C2CCCCCCC21. The van der Waals surface area contributed by atoms with Gasteiger partial charge in [-0.1, -0.05) is 43.9 Å². The van der Waals surface area contributed by atoms with E-state index in [9.17, 15) is 8.42 Å². The molecule has 0 bridgehead atoms. The first kappa shape index (κ1) is 12.2. The maximum absolute atomic E-state index is 12.5. The molecule has 1 aliphatic heterocycles. The van der Waals surface area contributed by atoms with Crippen LogP contribution in [0.3, 0.4) is 0 Å². The van der Waals surface area contributed by atoms with Gasteiger partial charge in [0.05, 0.1) is 4.90 Å². The van der Waals surface area contributed by atoms with Crippen molar-refractivity contribution in [1.29, 1.82) is 0 Å². The van der Waals surface area contributed by atoms with Gasteiger partial charge in [0, 0.05) is 12.1 Å². The maximum atomic E-state index is 12.5. The van der Waals surface area contributed by atoms with Crippen LogP contribution >= 0.6 is 0 Å². The summed E-state index contributed by atoms with van der Waals surface area (Å²) in [5.74, 6) is 0. The van der Waals surface area contributed by atoms with Crippen LogP contribution in [0.4, 0.5) is 0 Å². The summed E-state index contributed by atoms with van der Waals surface area (Å²) in [6.07, 6.45) is 6.92. The van der Waals surface area contributed by atoms with E-state index in [1.54, 1.807) is 28.6 Å². The Morgan fingerprint density at radius 3 is 2.00 bits per heavy atom. The first-order chi connectivity index (χ1) is 8.71. The van der Waals surface area contributed by atoms with Crippen molar-refractivity contribution < 1.29 is 8.42 Å². The van der Waals surface area contributed by atoms with Gasteiger partial charge in [-0.3, -0.25) is 0 Å². The quantitative estimate of drug-likeness (QED) is 0.771. The molecule has 0 spiro atoms. The number of benzene rings is 1. The lowest BCUT2D eigenvalue weighted by Gasteiger charge is -2.06. The highest BCUT2D eigenvalue weighted by Gasteiger charge is 2.54. The zero-order valence-electron chi connectivity index (χ0n) is 10.5. The number of nitrogens with zero attached hydrogens (tertiary/aromatic N) is 1. The fourth-order valence-electron chi connectivity index (χ4n) is 3.08. The van der Waals surface area contributed by atoms with Gasteiger partial charge in [-0.2, -0.15) is 4.31 Å². The molecule has 1 saturated heterocycles. The third-order valence-electron chi connectivity index (χ3n) is 4.08. The highest BCUT2D eigenvalue weighted by atomic mass is 32.2. The van der Waals surface area contributed by atoms with Crippen LogP contribution in [0.2, 0.25) is 0 Å². The summed E-state index contributed by atoms with van der Waals surface area (Å²) < 4.78 is 26.8. The molecule has 2 unspecified atom stereocenters. The Balaban J connectivity index is 1.83. The highest BCUT2D eigenvalue weighted by Crippen LogP contribution is 2.42. The molecule has 98 valence electrons. The molecule has 1 aromatic carbocycles. The van der Waals surface area contributed by atoms with E-state index in [2.05, 4.69) is 0 Å². The van der Waals surface area contributed by atoms with Gasteiger partial charge in [0.2, 0.25) is 10.0 Å². The first-order valence-electron chi connectivity index (χ1n) is 6.80. The minimum atomic E-state index is -3.25. The van der Waals surface area contributed by atoms with Gasteiger partial charge < -0.3 is 0 Å². The van der Waals surface area contributed by atoms with Gasteiger partial charge in [-0.05, 0) is 25.0 Å². The molecule has 4 heteroatoms. The lowest BCUT2D eigenvalue weighted by Crippen LogP contribution is -2.15. The van der Waals surface area contributed by atoms with Crippen molar-refractivity contribution in [3.05, 3.63) is 30.3 Å². The molecule has 2 fully saturated rings. The monoisotopic (exact) mass is 265 g/mol. The number of hydrogen-bond donors (Lipinski definition) is 0. The van der Waals surface area contributed by atoms with E-state index >= 15 is 0 Å². The number of hydrogen-bond acceptors (Lipinski definition) is 2. The summed E-state index contributed by atoms with van der Waals surface area (Å²) >= 11 is 0. The van der Waals surface area contributed by atoms with Crippen LogP contribution < -0.4 is 0 Å². The second kappa shape index (κ2) is 4.67. The smallest absolute Gasteiger partial charge is 0.207 e. The van der Waals surface area contributed by atoms with E-state index in [0.29, 0.717) is 4.90 Å². The van der Waals surface area contributed by atoms with Crippen LogP contribution in [0.5, 0.6) is 0 Å². The average molecular weight is 265 g/mol. The topological polar surface area (TPSA) is 37.1 Å². The van der Waals surface area contributed by atoms with E-state index < -0.39 is 10.0 Å². The van der Waals surface area contributed by atoms with E-state index in [1.165, 1.54) is 25.7 Å². The Kier molecular flexibility index (Phi) is 3.16. The second-order valence-electron chi connectivity index (χ2n) is 5.27. The van der Waals surface area contributed by atoms with Crippen LogP contribution in [0.15, 0.2) is 35.2 Å². The molecule has 1 saturated carbocycles. The molecule has 0 amide bonds. The first-order valence-corrected chi connectivity index (χ1v) is 8.24. The lowest BCUT2D eigenvalue weighted by atomic mass is 10.0. The summed E-state index contributed by atoms with van der Waals surface area (Å²) in [5, 5.41) is 0. The molecular weight excluding hydrogens is 246 g/mol. The minimum Gasteiger partial charge on any atom is -0.207 e. The predicted molar refractivity (Wildman–Crippen MR) is 70.7 cm³/mol. The second-order valence-corrected chi connectivity index (χ2v) is 7.12. The molecule has 18 heavy (non-hydrogen) atoms. The van der Waals surface area contributed by atoms with E-state index in [1.807, 2.05) is 6.07 Å². The number of sulfonamides is 1. The van der Waals surface area contributed by atoms with Crippen molar-refractivity contribution in [3.8, 4) is 0 Å². The highest BCUT2D eigenvalue weighted by molar-refractivity contribution is 7.89. The van der Waals surface area contributed by atoms with Gasteiger partial charge in [0.25, 0.3) is 0 Å². The minimum absolute atomic E-state index is 0.274. The molecule has 0 aromatic heterocycles. The van der Waals surface area contributed by atoms with Crippen LogP contribution in [0.1, 0.15) is 38.5 Å². The van der Waals surface area contributed by atoms with Crippen molar-refractivity contribution in [1.82, 2.24) is 4.31 Å². The van der Waals surface area contributed by atoms with Crippen molar-refractivity contribution in [2.75, 3.05) is 0 Å². The maximum Gasteiger partial charge on any atom is 0.243 e. The summed E-state index contributed by atoms with van der Waals surface area (Å²) in [5.41, 5.74) is 0. The summed E-state index contributed by atoms with van der Waals surface area (Å²) in [6, 6.07) is 9.37. The van der Waals surface area contributed by atoms with Crippen LogP contribution in [0, 0.1) is 0 Å². The van der Waals surface area contributed by atoms with Crippen LogP contribution in [-0.4, -0.2) is 24.8 Å². The summed E-state index contributed by atoms with van der Waals surface area (Å²) in [4.78, 5) is 0.441. The van der Waals surface area contributed by atoms with E-state index in [-0.39, 0.29) is 12.1 Å². The van der Waals surface area contributed by atoms with Crippen molar-refractivity contribution in [2.45, 2.75) is 55.5 Å². The van der Waals surface area contributed by atoms with Gasteiger partial charge in [0.15, 0.2) is 0 Å². The van der Waals surface area contributed by atoms with Gasteiger partial charge in [-0.25, -0.2) is 8.42 Å². The number of rotatable bonds is 2. The Hall–Kier alpha value is -0.870. The van der Waals surface area contributed by atoms with Gasteiger partial charge in [0.1, 0.15) is 0 Å². The molecule has 1 aliphatic carbocycles. The number of fused-ring (bicyclic) bond motifs is 1. The third-order valence-corrected chi connectivity index (χ3v) is 6.04. The van der Waals surface area contributed by atoms with Crippen LogP contribution in [-0.2, 0) is 10.0 Å². The molecular formula is C14H19NO2S. The van der Waals surface area contributed by atoms with Crippen molar-refractivity contribution in [2.24, 2.45) is 0 Å². The van der Waals surface area contributed by atoms with Gasteiger partial charge in [-0.15, -0.1) is 0 Å². The largest absolute Gasteiger partial charge is 0.243 e. The fraction of sp³-hybridized carbons (Fsp3) is 0.571. The van der Waals surface area contributed by atoms with E-state index in [4.69, 9.17) is 0 Å². The average Bonchev–Trinajstić information content (AvgIpc) is 3.03. The Morgan fingerprint density at radius 2 is 1.44 bits per heavy atom. The summed E-state index contributed by atoms with van der Waals surface area (Å²) in [6.45, 7) is 0. The zero-order chi connectivity index (χ0) is 12.6. The standard InChI is InChI=1S/C14H19NO2S/c16-18(17,12-8-4-3-5-9-12)15-13-10-6-1-2-7-11-14(13)15/h3-5,8-9,13-14H,1-2,6-7,10-11H2. The zero-order valence-corrected chi connectivity index (χ0v) is 11.3. The Bertz CT molecular complexity index is 498. The lowest BCUT2D eigenvalue weighted by molar-refractivity contribution is 0.538. The molecule has 1 heterocycles. The van der Waals surface area contributed by atoms with Crippen LogP contribution in [0.25, 0.3) is 0 Å². The molecule has 3 nitrogen and oxygen atoms in total. The van der Waals surface area contributed by atoms with Crippen molar-refractivity contribution >= 4 is 10.0 Å².